The Morgan fingerprint density at radius 1 is 1.41 bits per heavy atom. The smallest absolute Gasteiger partial charge is 0.319 e. The van der Waals surface area contributed by atoms with Crippen LogP contribution in [0.1, 0.15) is 24.0 Å². The number of aromatic nitrogens is 2. The average Bonchev–Trinajstić information content (AvgIpc) is 2.95. The second-order valence-corrected chi connectivity index (χ2v) is 5.02. The van der Waals surface area contributed by atoms with Crippen molar-refractivity contribution in [2.24, 2.45) is 0 Å². The zero-order chi connectivity index (χ0) is 16.1. The van der Waals surface area contributed by atoms with Crippen LogP contribution in [0.25, 0.3) is 0 Å². The van der Waals surface area contributed by atoms with Gasteiger partial charge in [0.2, 0.25) is 0 Å². The fourth-order valence-electron chi connectivity index (χ4n) is 2.20. The van der Waals surface area contributed by atoms with Gasteiger partial charge >= 0.3 is 6.55 Å². The normalized spacial score (nSPS) is 12.9. The van der Waals surface area contributed by atoms with E-state index in [1.165, 1.54) is 12.4 Å². The molecule has 0 amide bonds. The zero-order valence-corrected chi connectivity index (χ0v) is 12.5. The van der Waals surface area contributed by atoms with E-state index in [1.54, 1.807) is 43.3 Å². The van der Waals surface area contributed by atoms with Crippen LogP contribution in [0.2, 0.25) is 0 Å². The van der Waals surface area contributed by atoms with Gasteiger partial charge in [-0.1, -0.05) is 12.1 Å². The molecule has 0 aliphatic carbocycles. The van der Waals surface area contributed by atoms with E-state index in [1.807, 2.05) is 0 Å². The number of rotatable bonds is 7. The van der Waals surface area contributed by atoms with Gasteiger partial charge in [0.15, 0.2) is 0 Å². The van der Waals surface area contributed by atoms with Gasteiger partial charge in [0.05, 0.1) is 19.8 Å². The van der Waals surface area contributed by atoms with Crippen LogP contribution in [0, 0.1) is 0 Å². The molecule has 2 rings (SSSR count). The van der Waals surface area contributed by atoms with E-state index in [0.717, 1.165) is 4.57 Å². The number of methoxy groups -OCH3 is 1. The van der Waals surface area contributed by atoms with E-state index < -0.39 is 12.7 Å². The van der Waals surface area contributed by atoms with E-state index in [0.29, 0.717) is 17.9 Å². The highest BCUT2D eigenvalue weighted by Crippen LogP contribution is 2.20. The van der Waals surface area contributed by atoms with Gasteiger partial charge in [0.25, 0.3) is 0 Å². The zero-order valence-electron chi connectivity index (χ0n) is 12.5. The van der Waals surface area contributed by atoms with Crippen molar-refractivity contribution < 1.29 is 18.6 Å². The Morgan fingerprint density at radius 3 is 2.86 bits per heavy atom. The molecule has 22 heavy (non-hydrogen) atoms. The van der Waals surface area contributed by atoms with Gasteiger partial charge < -0.3 is 9.84 Å². The number of hydrogen-bond donors (Lipinski definition) is 1. The summed E-state index contributed by atoms with van der Waals surface area (Å²) in [6.45, 7) is -2.10. The van der Waals surface area contributed by atoms with E-state index in [-0.39, 0.29) is 12.4 Å². The van der Waals surface area contributed by atoms with Gasteiger partial charge in [0, 0.05) is 18.9 Å². The summed E-state index contributed by atoms with van der Waals surface area (Å²) in [5.41, 5.74) is 0.711. The van der Waals surface area contributed by atoms with Gasteiger partial charge in [0.1, 0.15) is 11.6 Å². The standard InChI is InChI=1S/C15H19F2N3O2/c1-19(10-14-18-6-7-20(14)15(16)17)9-13(21)11-4-3-5-12(8-11)22-2/h3-8,13,15,21H,9-10H2,1-2H3. The molecule has 2 aromatic rings. The summed E-state index contributed by atoms with van der Waals surface area (Å²) >= 11 is 0. The van der Waals surface area contributed by atoms with E-state index >= 15 is 0 Å². The minimum atomic E-state index is -2.62. The Morgan fingerprint density at radius 2 is 2.18 bits per heavy atom. The number of benzene rings is 1. The van der Waals surface area contributed by atoms with Crippen molar-refractivity contribution in [1.82, 2.24) is 14.5 Å². The molecule has 120 valence electrons. The Kier molecular flexibility index (Phi) is 5.46. The second-order valence-electron chi connectivity index (χ2n) is 5.02. The van der Waals surface area contributed by atoms with E-state index in [9.17, 15) is 13.9 Å². The summed E-state index contributed by atoms with van der Waals surface area (Å²) in [5.74, 6) is 0.919. The number of alkyl halides is 2. The predicted octanol–water partition coefficient (Wildman–Crippen LogP) is 2.45. The fraction of sp³-hybridized carbons (Fsp3) is 0.400. The largest absolute Gasteiger partial charge is 0.497 e. The quantitative estimate of drug-likeness (QED) is 0.853. The first-order valence-electron chi connectivity index (χ1n) is 6.81. The summed E-state index contributed by atoms with van der Waals surface area (Å²) in [7, 11) is 3.30. The summed E-state index contributed by atoms with van der Waals surface area (Å²) in [6, 6.07) is 7.13. The third-order valence-electron chi connectivity index (χ3n) is 3.33. The maximum Gasteiger partial charge on any atom is 0.319 e. The average molecular weight is 311 g/mol. The highest BCUT2D eigenvalue weighted by atomic mass is 19.3. The third-order valence-corrected chi connectivity index (χ3v) is 3.33. The van der Waals surface area contributed by atoms with Crippen LogP contribution in [0.15, 0.2) is 36.7 Å². The van der Waals surface area contributed by atoms with Crippen LogP contribution in [0.4, 0.5) is 8.78 Å². The van der Waals surface area contributed by atoms with Gasteiger partial charge in [-0.3, -0.25) is 9.47 Å². The Hall–Kier alpha value is -1.99. The van der Waals surface area contributed by atoms with Crippen LogP contribution in [0.5, 0.6) is 5.75 Å². The highest BCUT2D eigenvalue weighted by Gasteiger charge is 2.16. The lowest BCUT2D eigenvalue weighted by molar-refractivity contribution is 0.0624. The molecule has 1 N–H and O–H groups in total. The van der Waals surface area contributed by atoms with Gasteiger partial charge in [-0.05, 0) is 24.7 Å². The van der Waals surface area contributed by atoms with Crippen molar-refractivity contribution in [3.05, 3.63) is 48.0 Å². The van der Waals surface area contributed by atoms with E-state index in [2.05, 4.69) is 4.98 Å². The number of aliphatic hydroxyl groups is 1. The molecule has 1 aromatic heterocycles. The van der Waals surface area contributed by atoms with Crippen molar-refractivity contribution in [3.8, 4) is 5.75 Å². The first-order chi connectivity index (χ1) is 10.5. The van der Waals surface area contributed by atoms with Gasteiger partial charge in [-0.15, -0.1) is 0 Å². The molecule has 0 radical (unpaired) electrons. The second kappa shape index (κ2) is 7.33. The monoisotopic (exact) mass is 311 g/mol. The number of aliphatic hydroxyl groups excluding tert-OH is 1. The molecule has 0 aliphatic rings. The number of halogens is 2. The summed E-state index contributed by atoms with van der Waals surface area (Å²) < 4.78 is 31.5. The molecule has 0 fully saturated rings. The first-order valence-corrected chi connectivity index (χ1v) is 6.81. The molecule has 0 bridgehead atoms. The Labute approximate surface area is 127 Å². The third kappa shape index (κ3) is 4.02. The number of nitrogens with zero attached hydrogens (tertiary/aromatic N) is 3. The Bertz CT molecular complexity index is 604. The molecule has 0 aliphatic heterocycles. The van der Waals surface area contributed by atoms with Crippen molar-refractivity contribution in [2.75, 3.05) is 20.7 Å². The van der Waals surface area contributed by atoms with E-state index in [4.69, 9.17) is 4.74 Å². The Balaban J connectivity index is 1.98. The minimum absolute atomic E-state index is 0.221. The fourth-order valence-corrected chi connectivity index (χ4v) is 2.20. The first kappa shape index (κ1) is 16.4. The van der Waals surface area contributed by atoms with Gasteiger partial charge in [-0.25, -0.2) is 4.98 Å². The molecule has 1 aromatic carbocycles. The molecule has 1 unspecified atom stereocenters. The van der Waals surface area contributed by atoms with Crippen molar-refractivity contribution >= 4 is 0 Å². The number of hydrogen-bond acceptors (Lipinski definition) is 4. The number of likely N-dealkylation sites (N-methyl/N-ethyl adjacent to an activating group) is 1. The minimum Gasteiger partial charge on any atom is -0.497 e. The maximum absolute atomic E-state index is 12.8. The summed E-state index contributed by atoms with van der Waals surface area (Å²) in [6.07, 6.45) is 1.84. The number of ether oxygens (including phenoxy) is 1. The van der Waals surface area contributed by atoms with Crippen molar-refractivity contribution in [2.45, 2.75) is 19.2 Å². The van der Waals surface area contributed by atoms with Crippen molar-refractivity contribution in [3.63, 3.8) is 0 Å². The van der Waals surface area contributed by atoms with Crippen LogP contribution < -0.4 is 4.74 Å². The highest BCUT2D eigenvalue weighted by molar-refractivity contribution is 5.29. The summed E-state index contributed by atoms with van der Waals surface area (Å²) in [5, 5.41) is 10.2. The molecule has 0 saturated carbocycles. The van der Waals surface area contributed by atoms with Crippen LogP contribution in [0.3, 0.4) is 0 Å². The summed E-state index contributed by atoms with van der Waals surface area (Å²) in [4.78, 5) is 5.67. The van der Waals surface area contributed by atoms with Crippen molar-refractivity contribution in [1.29, 1.82) is 0 Å². The molecule has 7 heteroatoms. The predicted molar refractivity (Wildman–Crippen MR) is 77.8 cm³/mol. The van der Waals surface area contributed by atoms with Crippen LogP contribution in [-0.2, 0) is 6.54 Å². The maximum atomic E-state index is 12.8. The number of imidazole rings is 1. The van der Waals surface area contributed by atoms with Gasteiger partial charge in [-0.2, -0.15) is 8.78 Å². The SMILES string of the molecule is COc1cccc(C(O)CN(C)Cc2nccn2C(F)F)c1. The lowest BCUT2D eigenvalue weighted by atomic mass is 10.1. The topological polar surface area (TPSA) is 50.5 Å². The van der Waals surface area contributed by atoms with Crippen LogP contribution >= 0.6 is 0 Å². The lowest BCUT2D eigenvalue weighted by Gasteiger charge is -2.21. The molecule has 0 saturated heterocycles. The molecule has 0 spiro atoms. The van der Waals surface area contributed by atoms with Crippen LogP contribution in [-0.4, -0.2) is 40.3 Å². The molecular formula is C15H19F2N3O2. The molecular weight excluding hydrogens is 292 g/mol. The molecule has 1 atom stereocenters. The lowest BCUT2D eigenvalue weighted by Crippen LogP contribution is -2.26. The molecule has 1 heterocycles. The molecule has 5 nitrogen and oxygen atoms in total.